The smallest absolute Gasteiger partial charge is 0.306 e. The van der Waals surface area contributed by atoms with Crippen LogP contribution in [0.5, 0.6) is 0 Å². The van der Waals surface area contributed by atoms with E-state index in [1.54, 1.807) is 0 Å². The van der Waals surface area contributed by atoms with Crippen molar-refractivity contribution < 1.29 is 28.6 Å². The molecule has 418 valence electrons. The standard InChI is InChI=1S/C65H122O6/c1-4-7-10-13-16-19-22-25-28-31-33-35-37-40-43-46-49-52-55-58-64(67)70-61-62(60-69-63(66)57-54-51-48-45-42-39-36-30-27-24-21-18-15-12-9-6-3)71-65(68)59-56-53-50-47-44-41-38-34-32-29-26-23-20-17-14-11-8-5-2/h30,34,36,38,62H,4-29,31-33,35,37,39-61H2,1-3H3/b36-30-,38-34-. The Labute approximate surface area is 443 Å². The third kappa shape index (κ3) is 58.7. The predicted octanol–water partition coefficient (Wildman–Crippen LogP) is 21.4. The van der Waals surface area contributed by atoms with E-state index in [0.717, 1.165) is 70.6 Å². The maximum Gasteiger partial charge on any atom is 0.306 e. The first kappa shape index (κ1) is 68.9. The number of rotatable bonds is 59. The van der Waals surface area contributed by atoms with Crippen molar-refractivity contribution in [1.29, 1.82) is 0 Å². The second-order valence-corrected chi connectivity index (χ2v) is 21.7. The van der Waals surface area contributed by atoms with E-state index in [-0.39, 0.29) is 31.1 Å². The van der Waals surface area contributed by atoms with Gasteiger partial charge in [0.2, 0.25) is 0 Å². The van der Waals surface area contributed by atoms with E-state index < -0.39 is 6.10 Å². The highest BCUT2D eigenvalue weighted by molar-refractivity contribution is 5.71. The van der Waals surface area contributed by atoms with Crippen LogP contribution in [0.2, 0.25) is 0 Å². The first-order valence-electron chi connectivity index (χ1n) is 31.8. The Morgan fingerprint density at radius 3 is 0.704 bits per heavy atom. The number of ether oxygens (including phenoxy) is 3. The van der Waals surface area contributed by atoms with E-state index in [0.29, 0.717) is 19.3 Å². The highest BCUT2D eigenvalue weighted by Gasteiger charge is 2.19. The van der Waals surface area contributed by atoms with Gasteiger partial charge < -0.3 is 14.2 Å². The van der Waals surface area contributed by atoms with Crippen LogP contribution in [0.4, 0.5) is 0 Å². The van der Waals surface area contributed by atoms with Crippen LogP contribution in [0.15, 0.2) is 24.3 Å². The monoisotopic (exact) mass is 999 g/mol. The van der Waals surface area contributed by atoms with Crippen molar-refractivity contribution in [2.75, 3.05) is 13.2 Å². The summed E-state index contributed by atoms with van der Waals surface area (Å²) in [5, 5.41) is 0. The molecule has 1 atom stereocenters. The molecule has 0 aliphatic carbocycles. The molecule has 0 N–H and O–H groups in total. The van der Waals surface area contributed by atoms with Crippen LogP contribution in [-0.2, 0) is 28.6 Å². The van der Waals surface area contributed by atoms with Crippen LogP contribution in [0, 0.1) is 0 Å². The van der Waals surface area contributed by atoms with Gasteiger partial charge in [0.05, 0.1) is 0 Å². The van der Waals surface area contributed by atoms with Crippen LogP contribution < -0.4 is 0 Å². The maximum absolute atomic E-state index is 12.9. The minimum atomic E-state index is -0.776. The molecule has 6 nitrogen and oxygen atoms in total. The van der Waals surface area contributed by atoms with Gasteiger partial charge in [-0.1, -0.05) is 289 Å². The van der Waals surface area contributed by atoms with Crippen molar-refractivity contribution in [2.45, 2.75) is 361 Å². The van der Waals surface area contributed by atoms with Crippen LogP contribution in [0.3, 0.4) is 0 Å². The normalized spacial score (nSPS) is 12.1. The maximum atomic E-state index is 12.9. The Bertz CT molecular complexity index is 1150. The Hall–Kier alpha value is -2.11. The van der Waals surface area contributed by atoms with E-state index in [1.807, 2.05) is 0 Å². The molecule has 0 saturated carbocycles. The minimum Gasteiger partial charge on any atom is -0.462 e. The van der Waals surface area contributed by atoms with Crippen LogP contribution in [-0.4, -0.2) is 37.2 Å². The van der Waals surface area contributed by atoms with Crippen LogP contribution >= 0.6 is 0 Å². The van der Waals surface area contributed by atoms with Crippen molar-refractivity contribution in [3.8, 4) is 0 Å². The average molecular weight is 1000 g/mol. The molecule has 0 aromatic carbocycles. The van der Waals surface area contributed by atoms with Crippen molar-refractivity contribution in [3.63, 3.8) is 0 Å². The topological polar surface area (TPSA) is 78.9 Å². The lowest BCUT2D eigenvalue weighted by molar-refractivity contribution is -0.167. The van der Waals surface area contributed by atoms with E-state index in [1.165, 1.54) is 244 Å². The Morgan fingerprint density at radius 1 is 0.268 bits per heavy atom. The summed E-state index contributed by atoms with van der Waals surface area (Å²) < 4.78 is 16.9. The molecule has 0 aromatic heterocycles. The lowest BCUT2D eigenvalue weighted by Crippen LogP contribution is -2.30. The molecule has 1 unspecified atom stereocenters. The summed E-state index contributed by atoms with van der Waals surface area (Å²) in [4.78, 5) is 38.3. The molecule has 0 fully saturated rings. The largest absolute Gasteiger partial charge is 0.462 e. The number of unbranched alkanes of at least 4 members (excludes halogenated alkanes) is 44. The molecule has 0 amide bonds. The molecule has 0 rings (SSSR count). The zero-order chi connectivity index (χ0) is 51.4. The summed E-state index contributed by atoms with van der Waals surface area (Å²) in [7, 11) is 0. The fourth-order valence-corrected chi connectivity index (χ4v) is 9.61. The zero-order valence-electron chi connectivity index (χ0n) is 48.0. The quantitative estimate of drug-likeness (QED) is 0.0261. The molecule has 0 bridgehead atoms. The number of hydrogen-bond acceptors (Lipinski definition) is 6. The lowest BCUT2D eigenvalue weighted by Gasteiger charge is -2.18. The Morgan fingerprint density at radius 2 is 0.465 bits per heavy atom. The van der Waals surface area contributed by atoms with Gasteiger partial charge in [0.25, 0.3) is 0 Å². The highest BCUT2D eigenvalue weighted by Crippen LogP contribution is 2.17. The summed E-state index contributed by atoms with van der Waals surface area (Å²) in [6.45, 7) is 6.69. The molecule has 0 aromatic rings. The average Bonchev–Trinajstić information content (AvgIpc) is 3.37. The predicted molar refractivity (Wildman–Crippen MR) is 307 cm³/mol. The number of carbonyl (C=O) groups is 3. The highest BCUT2D eigenvalue weighted by atomic mass is 16.6. The summed E-state index contributed by atoms with van der Waals surface area (Å²) in [6, 6.07) is 0. The minimum absolute atomic E-state index is 0.0723. The van der Waals surface area contributed by atoms with Crippen LogP contribution in [0.1, 0.15) is 355 Å². The van der Waals surface area contributed by atoms with Gasteiger partial charge in [-0.05, 0) is 70.6 Å². The molecule has 0 aliphatic heterocycles. The van der Waals surface area contributed by atoms with Gasteiger partial charge in [-0.25, -0.2) is 0 Å². The molecule has 0 radical (unpaired) electrons. The molecule has 0 spiro atoms. The first-order chi connectivity index (χ1) is 35.0. The van der Waals surface area contributed by atoms with Gasteiger partial charge in [-0.3, -0.25) is 14.4 Å². The number of hydrogen-bond donors (Lipinski definition) is 0. The van der Waals surface area contributed by atoms with E-state index in [9.17, 15) is 14.4 Å². The first-order valence-corrected chi connectivity index (χ1v) is 31.8. The second kappa shape index (κ2) is 60.4. The van der Waals surface area contributed by atoms with E-state index in [2.05, 4.69) is 45.1 Å². The summed E-state index contributed by atoms with van der Waals surface area (Å²) >= 11 is 0. The third-order valence-electron chi connectivity index (χ3n) is 14.4. The van der Waals surface area contributed by atoms with Gasteiger partial charge in [-0.15, -0.1) is 0 Å². The van der Waals surface area contributed by atoms with Gasteiger partial charge in [0.1, 0.15) is 13.2 Å². The van der Waals surface area contributed by atoms with E-state index in [4.69, 9.17) is 14.2 Å². The zero-order valence-corrected chi connectivity index (χ0v) is 48.0. The van der Waals surface area contributed by atoms with Crippen molar-refractivity contribution in [1.82, 2.24) is 0 Å². The van der Waals surface area contributed by atoms with Gasteiger partial charge in [0.15, 0.2) is 6.10 Å². The lowest BCUT2D eigenvalue weighted by atomic mass is 10.0. The fraction of sp³-hybridized carbons (Fsp3) is 0.892. The van der Waals surface area contributed by atoms with Crippen molar-refractivity contribution in [3.05, 3.63) is 24.3 Å². The van der Waals surface area contributed by atoms with Crippen molar-refractivity contribution >= 4 is 17.9 Å². The Kier molecular flexibility index (Phi) is 58.6. The molecule has 6 heteroatoms. The summed E-state index contributed by atoms with van der Waals surface area (Å²) in [5.41, 5.74) is 0. The van der Waals surface area contributed by atoms with Crippen molar-refractivity contribution in [2.24, 2.45) is 0 Å². The van der Waals surface area contributed by atoms with Gasteiger partial charge in [0, 0.05) is 19.3 Å². The molecule has 71 heavy (non-hydrogen) atoms. The summed E-state index contributed by atoms with van der Waals surface area (Å²) in [6.07, 6.45) is 71.8. The third-order valence-corrected chi connectivity index (χ3v) is 14.4. The number of esters is 3. The SMILES string of the molecule is CCCCCCCCC/C=C\CCCCCCCC(=O)OCC(COC(=O)CCCCCCCCCCCCCCCCCCCCC)OC(=O)CCCCCCC/C=C\CCCCCCCCCCC. The molecular formula is C65H122O6. The number of carbonyl (C=O) groups excluding carboxylic acids is 3. The fourth-order valence-electron chi connectivity index (χ4n) is 9.61. The van der Waals surface area contributed by atoms with Crippen LogP contribution in [0.25, 0.3) is 0 Å². The molecule has 0 heterocycles. The molecule has 0 aliphatic rings. The van der Waals surface area contributed by atoms with Gasteiger partial charge >= 0.3 is 17.9 Å². The molecule has 0 saturated heterocycles. The van der Waals surface area contributed by atoms with E-state index >= 15 is 0 Å². The number of allylic oxidation sites excluding steroid dienone is 4. The Balaban J connectivity index is 4.34. The van der Waals surface area contributed by atoms with Gasteiger partial charge in [-0.2, -0.15) is 0 Å². The molecular weight excluding hydrogens is 877 g/mol. The second-order valence-electron chi connectivity index (χ2n) is 21.7. The summed E-state index contributed by atoms with van der Waals surface area (Å²) in [5.74, 6) is -0.863.